The fourth-order valence-electron chi connectivity index (χ4n) is 3.15. The van der Waals surface area contributed by atoms with E-state index in [1.54, 1.807) is 12.1 Å². The van der Waals surface area contributed by atoms with Crippen molar-refractivity contribution in [2.75, 3.05) is 36.0 Å². The highest BCUT2D eigenvalue weighted by Gasteiger charge is 2.34. The molecular weight excluding hydrogens is 460 g/mol. The van der Waals surface area contributed by atoms with Gasteiger partial charge in [0.05, 0.1) is 17.8 Å². The number of halogens is 5. The van der Waals surface area contributed by atoms with E-state index in [0.29, 0.717) is 43.3 Å². The predicted octanol–water partition coefficient (Wildman–Crippen LogP) is 3.28. The number of hydrogen-bond donors (Lipinski definition) is 0. The molecule has 0 saturated carbocycles. The SMILES string of the molecule is O=c1nc(N2CCN(c3ccc(F)c(Cl)c3)CC2)cnn1Cc1cnc(C(F)(F)F)s1. The van der Waals surface area contributed by atoms with Gasteiger partial charge >= 0.3 is 11.9 Å². The molecule has 0 bridgehead atoms. The van der Waals surface area contributed by atoms with Crippen molar-refractivity contribution in [2.24, 2.45) is 0 Å². The highest BCUT2D eigenvalue weighted by Crippen LogP contribution is 2.32. The smallest absolute Gasteiger partial charge is 0.368 e. The normalized spacial score (nSPS) is 14.9. The highest BCUT2D eigenvalue weighted by atomic mass is 35.5. The molecule has 1 aliphatic heterocycles. The van der Waals surface area contributed by atoms with Crippen LogP contribution >= 0.6 is 22.9 Å². The van der Waals surface area contributed by atoms with Gasteiger partial charge in [0.2, 0.25) is 0 Å². The first-order valence-electron chi connectivity index (χ1n) is 9.12. The van der Waals surface area contributed by atoms with Gasteiger partial charge in [-0.2, -0.15) is 23.3 Å². The number of nitrogens with zero attached hydrogens (tertiary/aromatic N) is 6. The first kappa shape index (κ1) is 21.5. The van der Waals surface area contributed by atoms with Crippen molar-refractivity contribution in [1.29, 1.82) is 0 Å². The Morgan fingerprint density at radius 3 is 2.42 bits per heavy atom. The molecule has 0 spiro atoms. The van der Waals surface area contributed by atoms with Gasteiger partial charge in [0.1, 0.15) is 5.82 Å². The minimum absolute atomic E-state index is 0.0534. The zero-order valence-electron chi connectivity index (χ0n) is 15.8. The van der Waals surface area contributed by atoms with Crippen LogP contribution in [0.25, 0.3) is 0 Å². The van der Waals surface area contributed by atoms with E-state index in [9.17, 15) is 22.4 Å². The number of thiazole rings is 1. The maximum atomic E-state index is 13.4. The summed E-state index contributed by atoms with van der Waals surface area (Å²) in [5.41, 5.74) is 0.141. The van der Waals surface area contributed by atoms with Crippen molar-refractivity contribution in [3.63, 3.8) is 0 Å². The molecular formula is C18H15ClF4N6OS. The molecule has 1 aromatic carbocycles. The monoisotopic (exact) mass is 474 g/mol. The fraction of sp³-hybridized carbons (Fsp3) is 0.333. The van der Waals surface area contributed by atoms with Crippen molar-refractivity contribution in [3.05, 3.63) is 61.8 Å². The lowest BCUT2D eigenvalue weighted by molar-refractivity contribution is -0.137. The van der Waals surface area contributed by atoms with Gasteiger partial charge in [0, 0.05) is 42.9 Å². The summed E-state index contributed by atoms with van der Waals surface area (Å²) in [7, 11) is 0. The van der Waals surface area contributed by atoms with Crippen LogP contribution in [0, 0.1) is 5.82 Å². The summed E-state index contributed by atoms with van der Waals surface area (Å²) in [5.74, 6) is -0.0915. The number of rotatable bonds is 4. The Bertz CT molecular complexity index is 1140. The molecule has 164 valence electrons. The van der Waals surface area contributed by atoms with Crippen LogP contribution in [0.3, 0.4) is 0 Å². The maximum absolute atomic E-state index is 13.4. The Labute approximate surface area is 182 Å². The summed E-state index contributed by atoms with van der Waals surface area (Å²) >= 11 is 6.31. The lowest BCUT2D eigenvalue weighted by Crippen LogP contribution is -2.47. The Morgan fingerprint density at radius 1 is 1.10 bits per heavy atom. The molecule has 3 aromatic rings. The second kappa shape index (κ2) is 8.42. The molecule has 0 amide bonds. The summed E-state index contributed by atoms with van der Waals surface area (Å²) in [6.45, 7) is 2.18. The maximum Gasteiger partial charge on any atom is 0.443 e. The van der Waals surface area contributed by atoms with Crippen molar-refractivity contribution in [1.82, 2.24) is 19.7 Å². The van der Waals surface area contributed by atoms with Crippen molar-refractivity contribution >= 4 is 34.4 Å². The van der Waals surface area contributed by atoms with Crippen molar-refractivity contribution < 1.29 is 17.6 Å². The van der Waals surface area contributed by atoms with Gasteiger partial charge in [-0.15, -0.1) is 11.3 Å². The lowest BCUT2D eigenvalue weighted by Gasteiger charge is -2.36. The van der Waals surface area contributed by atoms with Gasteiger partial charge < -0.3 is 9.80 Å². The Morgan fingerprint density at radius 2 is 1.81 bits per heavy atom. The fourth-order valence-corrected chi connectivity index (χ4v) is 4.09. The highest BCUT2D eigenvalue weighted by molar-refractivity contribution is 7.11. The first-order valence-corrected chi connectivity index (χ1v) is 10.3. The molecule has 2 aromatic heterocycles. The van der Waals surface area contributed by atoms with Gasteiger partial charge in [-0.25, -0.2) is 18.9 Å². The van der Waals surface area contributed by atoms with E-state index in [4.69, 9.17) is 11.6 Å². The number of anilines is 2. The molecule has 7 nitrogen and oxygen atoms in total. The third-order valence-corrected chi connectivity index (χ3v) is 6.03. The van der Waals surface area contributed by atoms with Gasteiger partial charge in [0.15, 0.2) is 10.8 Å². The summed E-state index contributed by atoms with van der Waals surface area (Å²) in [6.07, 6.45) is -2.03. The summed E-state index contributed by atoms with van der Waals surface area (Å²) in [5, 5.41) is 3.13. The Kier molecular flexibility index (Phi) is 5.84. The minimum Gasteiger partial charge on any atom is -0.368 e. The molecule has 0 aliphatic carbocycles. The summed E-state index contributed by atoms with van der Waals surface area (Å²) in [6, 6.07) is 4.54. The molecule has 0 unspecified atom stereocenters. The van der Waals surface area contributed by atoms with Crippen LogP contribution < -0.4 is 15.5 Å². The van der Waals surface area contributed by atoms with Crippen LogP contribution in [-0.2, 0) is 12.7 Å². The molecule has 1 saturated heterocycles. The molecule has 0 radical (unpaired) electrons. The Balaban J connectivity index is 1.41. The Hall–Kier alpha value is -2.73. The molecule has 4 rings (SSSR count). The zero-order chi connectivity index (χ0) is 22.2. The first-order chi connectivity index (χ1) is 14.7. The van der Waals surface area contributed by atoms with E-state index in [0.717, 1.165) is 16.6 Å². The van der Waals surface area contributed by atoms with Crippen LogP contribution in [0.5, 0.6) is 0 Å². The average molecular weight is 475 g/mol. The van der Waals surface area contributed by atoms with E-state index in [1.165, 1.54) is 12.3 Å². The van der Waals surface area contributed by atoms with E-state index in [-0.39, 0.29) is 16.4 Å². The molecule has 0 N–H and O–H groups in total. The molecule has 31 heavy (non-hydrogen) atoms. The van der Waals surface area contributed by atoms with E-state index in [2.05, 4.69) is 15.1 Å². The number of alkyl halides is 3. The second-order valence-electron chi connectivity index (χ2n) is 6.76. The number of hydrogen-bond acceptors (Lipinski definition) is 7. The van der Waals surface area contributed by atoms with Gasteiger partial charge in [-0.3, -0.25) is 0 Å². The van der Waals surface area contributed by atoms with Gasteiger partial charge in [-0.1, -0.05) is 11.6 Å². The number of benzene rings is 1. The molecule has 13 heteroatoms. The second-order valence-corrected chi connectivity index (χ2v) is 8.28. The van der Waals surface area contributed by atoms with E-state index < -0.39 is 22.7 Å². The van der Waals surface area contributed by atoms with Gasteiger partial charge in [-0.05, 0) is 18.2 Å². The van der Waals surface area contributed by atoms with Crippen molar-refractivity contribution in [2.45, 2.75) is 12.7 Å². The van der Waals surface area contributed by atoms with E-state index in [1.807, 2.05) is 9.80 Å². The van der Waals surface area contributed by atoms with Crippen LogP contribution in [-0.4, -0.2) is 45.9 Å². The molecule has 1 aliphatic rings. The van der Waals surface area contributed by atoms with Crippen LogP contribution in [0.4, 0.5) is 29.1 Å². The minimum atomic E-state index is -4.52. The number of aromatic nitrogens is 4. The standard InChI is InChI=1S/C18H15ClF4N6OS/c19-13-7-11(1-2-14(13)20)27-3-5-28(6-4-27)15-9-25-29(17(30)26-15)10-12-8-24-16(31-12)18(21,22)23/h1-2,7-9H,3-6,10H2. The largest absolute Gasteiger partial charge is 0.443 e. The lowest BCUT2D eigenvalue weighted by atomic mass is 10.2. The topological polar surface area (TPSA) is 67.2 Å². The quantitative estimate of drug-likeness (QED) is 0.541. The van der Waals surface area contributed by atoms with Crippen LogP contribution in [0.1, 0.15) is 9.88 Å². The van der Waals surface area contributed by atoms with Crippen molar-refractivity contribution in [3.8, 4) is 0 Å². The van der Waals surface area contributed by atoms with E-state index >= 15 is 0 Å². The average Bonchev–Trinajstić information content (AvgIpc) is 3.21. The zero-order valence-corrected chi connectivity index (χ0v) is 17.4. The van der Waals surface area contributed by atoms with Crippen LogP contribution in [0.15, 0.2) is 35.4 Å². The third kappa shape index (κ3) is 4.79. The summed E-state index contributed by atoms with van der Waals surface area (Å²) in [4.78, 5) is 23.8. The van der Waals surface area contributed by atoms with Gasteiger partial charge in [0.25, 0.3) is 0 Å². The third-order valence-electron chi connectivity index (χ3n) is 4.72. The predicted molar refractivity (Wildman–Crippen MR) is 108 cm³/mol. The molecule has 1 fully saturated rings. The summed E-state index contributed by atoms with van der Waals surface area (Å²) < 4.78 is 52.4. The van der Waals surface area contributed by atoms with Crippen LogP contribution in [0.2, 0.25) is 5.02 Å². The molecule has 0 atom stereocenters. The molecule has 3 heterocycles. The number of piperazine rings is 1.